The van der Waals surface area contributed by atoms with Crippen LogP contribution in [0.4, 0.5) is 11.4 Å². The molecule has 0 aliphatic carbocycles. The van der Waals surface area contributed by atoms with Crippen molar-refractivity contribution in [3.8, 4) is 0 Å². The third kappa shape index (κ3) is 1.62. The van der Waals surface area contributed by atoms with Crippen LogP contribution in [0.25, 0.3) is 0 Å². The van der Waals surface area contributed by atoms with Crippen molar-refractivity contribution in [3.63, 3.8) is 0 Å². The lowest BCUT2D eigenvalue weighted by Crippen LogP contribution is -2.43. The van der Waals surface area contributed by atoms with Crippen molar-refractivity contribution >= 4 is 39.1 Å². The van der Waals surface area contributed by atoms with E-state index in [4.69, 9.17) is 0 Å². The molecule has 0 radical (unpaired) electrons. The Kier molecular flexibility index (Phi) is 2.70. The number of carbonyl (C=O) groups excluding carboxylic acids is 2. The first-order chi connectivity index (χ1) is 10.5. The Morgan fingerprint density at radius 3 is 2.64 bits per heavy atom. The summed E-state index contributed by atoms with van der Waals surface area (Å²) in [5, 5.41) is 16.5. The van der Waals surface area contributed by atoms with Gasteiger partial charge in [0.05, 0.1) is 0 Å². The van der Waals surface area contributed by atoms with Crippen LogP contribution in [0.15, 0.2) is 46.9 Å². The highest BCUT2D eigenvalue weighted by atomic mass is 79.9. The summed E-state index contributed by atoms with van der Waals surface area (Å²) in [6, 6.07) is 12.2. The number of amides is 2. The molecular formula is C16H11BrN2O3. The molecule has 0 saturated carbocycles. The molecule has 2 aliphatic heterocycles. The summed E-state index contributed by atoms with van der Waals surface area (Å²) >= 11 is 3.34. The van der Waals surface area contributed by atoms with Crippen LogP contribution in [0.3, 0.4) is 0 Å². The van der Waals surface area contributed by atoms with E-state index >= 15 is 0 Å². The molecule has 4 rings (SSSR count). The summed E-state index contributed by atoms with van der Waals surface area (Å²) in [6.07, 6.45) is 0. The molecule has 0 aromatic heterocycles. The van der Waals surface area contributed by atoms with Gasteiger partial charge in [0.2, 0.25) is 5.91 Å². The molecule has 2 amide bonds. The molecule has 0 bridgehead atoms. The predicted molar refractivity (Wildman–Crippen MR) is 84.5 cm³/mol. The maximum atomic E-state index is 12.5. The molecule has 2 unspecified atom stereocenters. The number of nitrogens with one attached hydrogen (secondary N) is 2. The second-order valence-corrected chi connectivity index (χ2v) is 6.34. The van der Waals surface area contributed by atoms with E-state index in [1.807, 2.05) is 0 Å². The van der Waals surface area contributed by atoms with E-state index in [-0.39, 0.29) is 5.91 Å². The topological polar surface area (TPSA) is 78.4 Å². The zero-order valence-corrected chi connectivity index (χ0v) is 12.8. The van der Waals surface area contributed by atoms with E-state index in [9.17, 15) is 14.7 Å². The third-order valence-electron chi connectivity index (χ3n) is 4.20. The van der Waals surface area contributed by atoms with Crippen molar-refractivity contribution in [2.45, 2.75) is 11.5 Å². The average molecular weight is 359 g/mol. The molecule has 2 atom stereocenters. The highest BCUT2D eigenvalue weighted by molar-refractivity contribution is 9.10. The maximum Gasteiger partial charge on any atom is 0.262 e. The number of aliphatic hydroxyl groups is 1. The van der Waals surface area contributed by atoms with Crippen molar-refractivity contribution in [1.82, 2.24) is 0 Å². The van der Waals surface area contributed by atoms with Crippen LogP contribution in [-0.2, 0) is 15.2 Å². The summed E-state index contributed by atoms with van der Waals surface area (Å²) in [5.74, 6) is -1.94. The van der Waals surface area contributed by atoms with Gasteiger partial charge in [0.25, 0.3) is 5.91 Å². The van der Waals surface area contributed by atoms with Crippen molar-refractivity contribution in [2.75, 3.05) is 10.6 Å². The van der Waals surface area contributed by atoms with Gasteiger partial charge in [-0.15, -0.1) is 0 Å². The fourth-order valence-electron chi connectivity index (χ4n) is 3.19. The standard InChI is InChI=1S/C16H11BrN2O3/c17-8-5-6-12-10(7-8)16(22,15(21)19-12)13-9-3-1-2-4-11(9)18-14(13)20/h1-7,13,22H,(H,18,20)(H,19,21). The van der Waals surface area contributed by atoms with Crippen LogP contribution >= 0.6 is 15.9 Å². The minimum Gasteiger partial charge on any atom is -0.374 e. The van der Waals surface area contributed by atoms with Crippen LogP contribution in [0.2, 0.25) is 0 Å². The monoisotopic (exact) mass is 358 g/mol. The summed E-state index contributed by atoms with van der Waals surface area (Å²) in [6.45, 7) is 0. The molecule has 2 aromatic carbocycles. The van der Waals surface area contributed by atoms with Crippen molar-refractivity contribution in [2.24, 2.45) is 0 Å². The van der Waals surface area contributed by atoms with E-state index in [1.54, 1.807) is 42.5 Å². The summed E-state index contributed by atoms with van der Waals surface area (Å²) in [4.78, 5) is 24.9. The Balaban J connectivity index is 1.95. The van der Waals surface area contributed by atoms with Gasteiger partial charge in [-0.05, 0) is 29.8 Å². The maximum absolute atomic E-state index is 12.5. The van der Waals surface area contributed by atoms with Gasteiger partial charge in [0.15, 0.2) is 5.60 Å². The second-order valence-electron chi connectivity index (χ2n) is 5.42. The molecule has 0 fully saturated rings. The molecule has 0 saturated heterocycles. The fraction of sp³-hybridized carbons (Fsp3) is 0.125. The fourth-order valence-corrected chi connectivity index (χ4v) is 3.55. The number of anilines is 2. The molecule has 2 aliphatic rings. The Labute approximate surface area is 134 Å². The van der Waals surface area contributed by atoms with E-state index in [1.165, 1.54) is 0 Å². The van der Waals surface area contributed by atoms with Gasteiger partial charge in [-0.3, -0.25) is 9.59 Å². The molecule has 2 aromatic rings. The first kappa shape index (κ1) is 13.5. The first-order valence-corrected chi connectivity index (χ1v) is 7.55. The Morgan fingerprint density at radius 1 is 1.05 bits per heavy atom. The van der Waals surface area contributed by atoms with Gasteiger partial charge in [0.1, 0.15) is 5.92 Å². The zero-order chi connectivity index (χ0) is 15.5. The SMILES string of the molecule is O=C1Nc2ccccc2C1C1(O)C(=O)Nc2ccc(Br)cc21. The normalized spacial score (nSPS) is 25.5. The molecular weight excluding hydrogens is 348 g/mol. The number of benzene rings is 2. The molecule has 5 nitrogen and oxygen atoms in total. The van der Waals surface area contributed by atoms with Gasteiger partial charge in [0, 0.05) is 21.4 Å². The summed E-state index contributed by atoms with van der Waals surface area (Å²) < 4.78 is 0.730. The number of fused-ring (bicyclic) bond motifs is 2. The van der Waals surface area contributed by atoms with Crippen molar-refractivity contribution in [1.29, 1.82) is 0 Å². The minimum absolute atomic E-state index is 0.383. The molecule has 110 valence electrons. The number of para-hydroxylation sites is 1. The van der Waals surface area contributed by atoms with Gasteiger partial charge >= 0.3 is 0 Å². The molecule has 2 heterocycles. The summed E-state index contributed by atoms with van der Waals surface area (Å²) in [5.41, 5.74) is 0.257. The molecule has 6 heteroatoms. The minimum atomic E-state index is -1.92. The van der Waals surface area contributed by atoms with Crippen LogP contribution in [0.1, 0.15) is 17.0 Å². The first-order valence-electron chi connectivity index (χ1n) is 6.75. The quantitative estimate of drug-likeness (QED) is 0.731. The van der Waals surface area contributed by atoms with Crippen molar-refractivity contribution in [3.05, 3.63) is 58.1 Å². The van der Waals surface area contributed by atoms with E-state index in [0.29, 0.717) is 22.5 Å². The van der Waals surface area contributed by atoms with E-state index in [2.05, 4.69) is 26.6 Å². The third-order valence-corrected chi connectivity index (χ3v) is 4.69. The molecule has 3 N–H and O–H groups in total. The van der Waals surface area contributed by atoms with Crippen LogP contribution in [0.5, 0.6) is 0 Å². The number of carbonyl (C=O) groups is 2. The number of halogens is 1. The smallest absolute Gasteiger partial charge is 0.262 e. The van der Waals surface area contributed by atoms with Gasteiger partial charge < -0.3 is 15.7 Å². The lowest BCUT2D eigenvalue weighted by Gasteiger charge is -2.26. The summed E-state index contributed by atoms with van der Waals surface area (Å²) in [7, 11) is 0. The van der Waals surface area contributed by atoms with Crippen LogP contribution in [-0.4, -0.2) is 16.9 Å². The van der Waals surface area contributed by atoms with Gasteiger partial charge in [-0.2, -0.15) is 0 Å². The van der Waals surface area contributed by atoms with Gasteiger partial charge in [-0.1, -0.05) is 34.1 Å². The lowest BCUT2D eigenvalue weighted by molar-refractivity contribution is -0.141. The van der Waals surface area contributed by atoms with Crippen LogP contribution < -0.4 is 10.6 Å². The average Bonchev–Trinajstić information content (AvgIpc) is 2.95. The lowest BCUT2D eigenvalue weighted by atomic mass is 9.78. The van der Waals surface area contributed by atoms with E-state index < -0.39 is 17.4 Å². The largest absolute Gasteiger partial charge is 0.374 e. The number of rotatable bonds is 1. The highest BCUT2D eigenvalue weighted by Gasteiger charge is 2.57. The Bertz CT molecular complexity index is 836. The van der Waals surface area contributed by atoms with E-state index in [0.717, 1.165) is 4.47 Å². The highest BCUT2D eigenvalue weighted by Crippen LogP contribution is 2.50. The van der Waals surface area contributed by atoms with Crippen molar-refractivity contribution < 1.29 is 14.7 Å². The van der Waals surface area contributed by atoms with Gasteiger partial charge in [-0.25, -0.2) is 0 Å². The Morgan fingerprint density at radius 2 is 1.82 bits per heavy atom. The van der Waals surface area contributed by atoms with Crippen LogP contribution in [0, 0.1) is 0 Å². The zero-order valence-electron chi connectivity index (χ0n) is 11.3. The Hall–Kier alpha value is -2.18. The molecule has 22 heavy (non-hydrogen) atoms. The number of hydrogen-bond acceptors (Lipinski definition) is 3. The predicted octanol–water partition coefficient (Wildman–Crippen LogP) is 2.32. The molecule has 0 spiro atoms. The number of hydrogen-bond donors (Lipinski definition) is 3. The second kappa shape index (κ2) is 4.41.